The molecule has 0 aromatic heterocycles. The maximum atomic E-state index is 8.86. The van der Waals surface area contributed by atoms with Gasteiger partial charge in [-0.25, -0.2) is 0 Å². The number of nitriles is 1. The van der Waals surface area contributed by atoms with Crippen LogP contribution in [0.1, 0.15) is 13.3 Å². The molecule has 0 aromatic carbocycles. The molecule has 2 N–H and O–H groups in total. The Balaban J connectivity index is 2.08. The molecule has 1 aliphatic rings. The van der Waals surface area contributed by atoms with Gasteiger partial charge in [-0.3, -0.25) is 0 Å². The summed E-state index contributed by atoms with van der Waals surface area (Å²) in [5.74, 6) is 0. The summed E-state index contributed by atoms with van der Waals surface area (Å²) in [5, 5.41) is 8.86. The van der Waals surface area contributed by atoms with Crippen LogP contribution in [0.4, 0.5) is 0 Å². The number of hydrogen-bond donors (Lipinski definition) is 1. The largest absolute Gasteiger partial charge is 0.398 e. The second kappa shape index (κ2) is 8.70. The minimum Gasteiger partial charge on any atom is -0.398 e. The highest BCUT2D eigenvalue weighted by molar-refractivity contribution is 5.37. The van der Waals surface area contributed by atoms with Gasteiger partial charge < -0.3 is 19.9 Å². The zero-order valence-corrected chi connectivity index (χ0v) is 10.7. The second-order valence-corrected chi connectivity index (χ2v) is 3.83. The van der Waals surface area contributed by atoms with Crippen LogP contribution in [0.15, 0.2) is 23.4 Å². The van der Waals surface area contributed by atoms with Gasteiger partial charge in [-0.2, -0.15) is 5.26 Å². The van der Waals surface area contributed by atoms with Gasteiger partial charge in [0.2, 0.25) is 0 Å². The van der Waals surface area contributed by atoms with E-state index in [9.17, 15) is 0 Å². The minimum absolute atomic E-state index is 0.0811. The summed E-state index contributed by atoms with van der Waals surface area (Å²) in [4.78, 5) is 0. The zero-order valence-electron chi connectivity index (χ0n) is 10.7. The summed E-state index contributed by atoms with van der Waals surface area (Å²) >= 11 is 0. The van der Waals surface area contributed by atoms with E-state index in [0.29, 0.717) is 50.7 Å². The molecule has 1 rings (SSSR count). The fourth-order valence-electron chi connectivity index (χ4n) is 1.55. The van der Waals surface area contributed by atoms with Crippen molar-refractivity contribution >= 4 is 0 Å². The Morgan fingerprint density at radius 3 is 2.78 bits per heavy atom. The Bertz CT molecular complexity index is 345. The molecule has 1 atom stereocenters. The number of nitrogens with zero attached hydrogens (tertiary/aromatic N) is 1. The normalized spacial score (nSPS) is 19.0. The van der Waals surface area contributed by atoms with Gasteiger partial charge in [-0.1, -0.05) is 6.08 Å². The SMILES string of the molecule is CCOCCOCCOC1C=CC(N)=C(C#N)C1. The number of allylic oxidation sites excluding steroid dienone is 1. The molecule has 0 saturated heterocycles. The van der Waals surface area contributed by atoms with E-state index in [-0.39, 0.29) is 6.10 Å². The van der Waals surface area contributed by atoms with Crippen LogP contribution >= 0.6 is 0 Å². The Hall–Kier alpha value is -1.35. The Morgan fingerprint density at radius 1 is 1.33 bits per heavy atom. The van der Waals surface area contributed by atoms with Gasteiger partial charge in [0, 0.05) is 18.7 Å². The molecule has 0 spiro atoms. The maximum absolute atomic E-state index is 8.86. The van der Waals surface area contributed by atoms with Crippen molar-refractivity contribution in [1.29, 1.82) is 5.26 Å². The summed E-state index contributed by atoms with van der Waals surface area (Å²) in [5.41, 5.74) is 6.77. The lowest BCUT2D eigenvalue weighted by atomic mass is 10.0. The second-order valence-electron chi connectivity index (χ2n) is 3.83. The molecule has 18 heavy (non-hydrogen) atoms. The van der Waals surface area contributed by atoms with Crippen LogP contribution in [0.3, 0.4) is 0 Å². The predicted octanol–water partition coefficient (Wildman–Crippen LogP) is 1.12. The highest BCUT2D eigenvalue weighted by Gasteiger charge is 2.14. The van der Waals surface area contributed by atoms with Crippen LogP contribution in [-0.4, -0.2) is 39.1 Å². The minimum atomic E-state index is -0.0811. The molecular formula is C13H20N2O3. The first-order valence-electron chi connectivity index (χ1n) is 6.12. The van der Waals surface area contributed by atoms with Crippen molar-refractivity contribution in [3.63, 3.8) is 0 Å². The summed E-state index contributed by atoms with van der Waals surface area (Å²) in [6.07, 6.45) is 4.05. The van der Waals surface area contributed by atoms with Crippen LogP contribution in [0.25, 0.3) is 0 Å². The van der Waals surface area contributed by atoms with Crippen molar-refractivity contribution in [2.45, 2.75) is 19.4 Å². The molecule has 0 aliphatic heterocycles. The van der Waals surface area contributed by atoms with Crippen LogP contribution < -0.4 is 5.73 Å². The first kappa shape index (κ1) is 14.7. The molecule has 0 radical (unpaired) electrons. The molecule has 1 unspecified atom stereocenters. The quantitative estimate of drug-likeness (QED) is 0.655. The van der Waals surface area contributed by atoms with E-state index in [2.05, 4.69) is 6.07 Å². The third-order valence-corrected chi connectivity index (χ3v) is 2.51. The van der Waals surface area contributed by atoms with Crippen molar-refractivity contribution in [3.05, 3.63) is 23.4 Å². The average Bonchev–Trinajstić information content (AvgIpc) is 2.39. The van der Waals surface area contributed by atoms with Gasteiger partial charge in [-0.05, 0) is 13.0 Å². The smallest absolute Gasteiger partial charge is 0.0969 e. The highest BCUT2D eigenvalue weighted by Crippen LogP contribution is 2.17. The van der Waals surface area contributed by atoms with E-state index in [0.717, 1.165) is 0 Å². The molecule has 0 saturated carbocycles. The molecule has 5 nitrogen and oxygen atoms in total. The molecule has 0 heterocycles. The van der Waals surface area contributed by atoms with Crippen molar-refractivity contribution in [2.24, 2.45) is 5.73 Å². The molecule has 0 amide bonds. The summed E-state index contributed by atoms with van der Waals surface area (Å²) in [6, 6.07) is 2.08. The lowest BCUT2D eigenvalue weighted by Gasteiger charge is -2.18. The predicted molar refractivity (Wildman–Crippen MR) is 67.6 cm³/mol. The highest BCUT2D eigenvalue weighted by atomic mass is 16.5. The Kier molecular flexibility index (Phi) is 7.11. The number of nitrogens with two attached hydrogens (primary N) is 1. The zero-order chi connectivity index (χ0) is 13.2. The van der Waals surface area contributed by atoms with E-state index in [1.165, 1.54) is 0 Å². The fraction of sp³-hybridized carbons (Fsp3) is 0.615. The topological polar surface area (TPSA) is 77.5 Å². The van der Waals surface area contributed by atoms with Crippen molar-refractivity contribution in [1.82, 2.24) is 0 Å². The van der Waals surface area contributed by atoms with Gasteiger partial charge in [0.05, 0.1) is 44.2 Å². The molecule has 5 heteroatoms. The lowest BCUT2D eigenvalue weighted by molar-refractivity contribution is 0.00256. The van der Waals surface area contributed by atoms with Crippen molar-refractivity contribution in [2.75, 3.05) is 33.0 Å². The monoisotopic (exact) mass is 252 g/mol. The molecule has 0 bridgehead atoms. The van der Waals surface area contributed by atoms with Gasteiger partial charge in [0.25, 0.3) is 0 Å². The van der Waals surface area contributed by atoms with Gasteiger partial charge in [0.1, 0.15) is 0 Å². The number of ether oxygens (including phenoxy) is 3. The standard InChI is InChI=1S/C13H20N2O3/c1-2-16-5-6-17-7-8-18-12-3-4-13(15)11(9-12)10-14/h3-4,12H,2,5-9,15H2,1H3. The van der Waals surface area contributed by atoms with E-state index >= 15 is 0 Å². The van der Waals surface area contributed by atoms with Gasteiger partial charge >= 0.3 is 0 Å². The molecular weight excluding hydrogens is 232 g/mol. The first-order chi connectivity index (χ1) is 8.77. The Labute approximate surface area is 108 Å². The fourth-order valence-corrected chi connectivity index (χ4v) is 1.55. The summed E-state index contributed by atoms with van der Waals surface area (Å²) in [7, 11) is 0. The third kappa shape index (κ3) is 5.32. The summed E-state index contributed by atoms with van der Waals surface area (Å²) in [6.45, 7) is 4.87. The number of hydrogen-bond acceptors (Lipinski definition) is 5. The first-order valence-corrected chi connectivity index (χ1v) is 6.12. The third-order valence-electron chi connectivity index (χ3n) is 2.51. The van der Waals surface area contributed by atoms with Crippen LogP contribution in [0.2, 0.25) is 0 Å². The van der Waals surface area contributed by atoms with Gasteiger partial charge in [0.15, 0.2) is 0 Å². The lowest BCUT2D eigenvalue weighted by Crippen LogP contribution is -2.19. The average molecular weight is 252 g/mol. The number of rotatable bonds is 8. The molecule has 1 aliphatic carbocycles. The maximum Gasteiger partial charge on any atom is 0.0969 e. The molecule has 100 valence electrons. The van der Waals surface area contributed by atoms with Crippen LogP contribution in [0.5, 0.6) is 0 Å². The van der Waals surface area contributed by atoms with E-state index in [1.807, 2.05) is 13.0 Å². The van der Waals surface area contributed by atoms with Crippen LogP contribution in [-0.2, 0) is 14.2 Å². The van der Waals surface area contributed by atoms with Gasteiger partial charge in [-0.15, -0.1) is 0 Å². The molecule has 0 fully saturated rings. The molecule has 0 aromatic rings. The van der Waals surface area contributed by atoms with E-state index in [4.69, 9.17) is 25.2 Å². The van der Waals surface area contributed by atoms with E-state index < -0.39 is 0 Å². The Morgan fingerprint density at radius 2 is 2.06 bits per heavy atom. The summed E-state index contributed by atoms with van der Waals surface area (Å²) < 4.78 is 16.0. The van der Waals surface area contributed by atoms with Crippen LogP contribution in [0, 0.1) is 11.3 Å². The van der Waals surface area contributed by atoms with Crippen molar-refractivity contribution in [3.8, 4) is 6.07 Å². The van der Waals surface area contributed by atoms with Crippen molar-refractivity contribution < 1.29 is 14.2 Å². The van der Waals surface area contributed by atoms with E-state index in [1.54, 1.807) is 6.08 Å².